The first-order valence-electron chi connectivity index (χ1n) is 12.0. The van der Waals surface area contributed by atoms with Crippen molar-refractivity contribution in [1.82, 2.24) is 19.3 Å². The molecule has 0 radical (unpaired) electrons. The third kappa shape index (κ3) is 4.72. The van der Waals surface area contributed by atoms with Crippen LogP contribution in [0.25, 0.3) is 11.6 Å². The van der Waals surface area contributed by atoms with Crippen LogP contribution in [0.1, 0.15) is 36.5 Å². The van der Waals surface area contributed by atoms with Crippen molar-refractivity contribution in [2.24, 2.45) is 0 Å². The smallest absolute Gasteiger partial charge is 0.269 e. The fraction of sp³-hybridized carbons (Fsp3) is 0.385. The molecule has 1 fully saturated rings. The normalized spacial score (nSPS) is 17.5. The molecular weight excluding hydrogens is 460 g/mol. The quantitative estimate of drug-likeness (QED) is 0.509. The summed E-state index contributed by atoms with van der Waals surface area (Å²) in [5.74, 6) is 1.46. The molecule has 0 atom stereocenters. The van der Waals surface area contributed by atoms with E-state index in [1.807, 2.05) is 22.8 Å². The van der Waals surface area contributed by atoms with Crippen LogP contribution in [0.5, 0.6) is 0 Å². The Labute approximate surface area is 207 Å². The van der Waals surface area contributed by atoms with Crippen LogP contribution in [0.3, 0.4) is 0 Å². The molecule has 0 bridgehead atoms. The molecule has 0 amide bonds. The number of allylic oxidation sites excluding steroid dienone is 1. The summed E-state index contributed by atoms with van der Waals surface area (Å²) in [5, 5.41) is 18.8. The molecule has 0 saturated carbocycles. The third-order valence-electron chi connectivity index (χ3n) is 6.45. The molecular formula is C26H28N6O2S. The number of nitriles is 1. The van der Waals surface area contributed by atoms with Crippen molar-refractivity contribution in [3.05, 3.63) is 73.7 Å². The van der Waals surface area contributed by atoms with Crippen molar-refractivity contribution >= 4 is 28.7 Å². The Kier molecular flexibility index (Phi) is 6.93. The molecule has 0 aliphatic carbocycles. The highest BCUT2D eigenvalue weighted by Crippen LogP contribution is 2.19. The topological polar surface area (TPSA) is 89.0 Å². The molecule has 3 aromatic rings. The highest BCUT2D eigenvalue weighted by molar-refractivity contribution is 7.07. The highest BCUT2D eigenvalue weighted by atomic mass is 32.1. The van der Waals surface area contributed by atoms with E-state index in [1.165, 1.54) is 11.3 Å². The predicted octanol–water partition coefficient (Wildman–Crippen LogP) is 1.80. The zero-order chi connectivity index (χ0) is 24.2. The van der Waals surface area contributed by atoms with E-state index >= 15 is 0 Å². The van der Waals surface area contributed by atoms with E-state index in [2.05, 4.69) is 39.9 Å². The number of rotatable bonds is 5. The van der Waals surface area contributed by atoms with Crippen molar-refractivity contribution in [2.45, 2.75) is 38.8 Å². The summed E-state index contributed by atoms with van der Waals surface area (Å²) in [5.41, 5.74) is 2.34. The number of ether oxygens (including phenoxy) is 1. The second kappa shape index (κ2) is 10.4. The molecule has 2 aliphatic heterocycles. The molecule has 2 aliphatic rings. The van der Waals surface area contributed by atoms with E-state index in [1.54, 1.807) is 10.6 Å². The van der Waals surface area contributed by atoms with Gasteiger partial charge in [0.25, 0.3) is 5.56 Å². The van der Waals surface area contributed by atoms with Crippen LogP contribution in [0.2, 0.25) is 0 Å². The zero-order valence-corrected chi connectivity index (χ0v) is 20.5. The maximum absolute atomic E-state index is 13.3. The molecule has 9 heteroatoms. The maximum atomic E-state index is 13.3. The lowest BCUT2D eigenvalue weighted by atomic mass is 10.2. The summed E-state index contributed by atoms with van der Waals surface area (Å²) in [4.78, 5) is 15.6. The van der Waals surface area contributed by atoms with E-state index < -0.39 is 0 Å². The van der Waals surface area contributed by atoms with Gasteiger partial charge in [-0.25, -0.2) is 0 Å². The minimum absolute atomic E-state index is 0.134. The van der Waals surface area contributed by atoms with Crippen molar-refractivity contribution in [3.8, 4) is 6.07 Å². The van der Waals surface area contributed by atoms with Gasteiger partial charge in [0.2, 0.25) is 0 Å². The number of hydrogen-bond acceptors (Lipinski definition) is 7. The largest absolute Gasteiger partial charge is 0.378 e. The van der Waals surface area contributed by atoms with Crippen LogP contribution in [0.15, 0.2) is 41.7 Å². The Morgan fingerprint density at radius 2 is 1.94 bits per heavy atom. The lowest BCUT2D eigenvalue weighted by molar-refractivity contribution is 0.122. The highest BCUT2D eigenvalue weighted by Gasteiger charge is 2.20. The molecule has 8 nitrogen and oxygen atoms in total. The van der Waals surface area contributed by atoms with Crippen molar-refractivity contribution in [1.29, 1.82) is 5.26 Å². The fourth-order valence-electron chi connectivity index (χ4n) is 4.62. The molecule has 0 spiro atoms. The van der Waals surface area contributed by atoms with Gasteiger partial charge >= 0.3 is 0 Å². The van der Waals surface area contributed by atoms with E-state index in [9.17, 15) is 10.1 Å². The molecule has 4 heterocycles. The summed E-state index contributed by atoms with van der Waals surface area (Å²) in [7, 11) is 0. The molecule has 2 aromatic heterocycles. The first kappa shape index (κ1) is 23.3. The molecule has 35 heavy (non-hydrogen) atoms. The number of benzene rings is 1. The molecule has 1 aromatic carbocycles. The summed E-state index contributed by atoms with van der Waals surface area (Å²) < 4.78 is 10.3. The minimum Gasteiger partial charge on any atom is -0.378 e. The van der Waals surface area contributed by atoms with Gasteiger partial charge in [0, 0.05) is 38.3 Å². The molecule has 0 N–H and O–H groups in total. The van der Waals surface area contributed by atoms with E-state index in [4.69, 9.17) is 4.74 Å². The standard InChI is InChI=1S/C26H28N6O2S/c1-2-11-32-25(33)22(17-19-7-9-20(10-8-19)30-13-15-34-16-14-30)35-26(32)21(18-27)24-29-28-23-6-4-3-5-12-31(23)24/h2,7-10,17H,1,3-6,11-16H2/b22-17+,26-21+. The predicted molar refractivity (Wildman–Crippen MR) is 137 cm³/mol. The number of morpholine rings is 1. The molecule has 1 saturated heterocycles. The number of hydrogen-bond donors (Lipinski definition) is 0. The van der Waals surface area contributed by atoms with E-state index in [0.29, 0.717) is 27.1 Å². The third-order valence-corrected chi connectivity index (χ3v) is 7.58. The van der Waals surface area contributed by atoms with Crippen LogP contribution in [0.4, 0.5) is 5.69 Å². The van der Waals surface area contributed by atoms with Crippen LogP contribution < -0.4 is 19.7 Å². The van der Waals surface area contributed by atoms with Crippen LogP contribution in [0, 0.1) is 11.3 Å². The van der Waals surface area contributed by atoms with Gasteiger partial charge < -0.3 is 14.2 Å². The number of fused-ring (bicyclic) bond motifs is 1. The van der Waals surface area contributed by atoms with Gasteiger partial charge in [0.15, 0.2) is 5.82 Å². The number of aromatic nitrogens is 4. The lowest BCUT2D eigenvalue weighted by Gasteiger charge is -2.28. The Bertz CT molecular complexity index is 1430. The monoisotopic (exact) mass is 488 g/mol. The maximum Gasteiger partial charge on any atom is 0.269 e. The summed E-state index contributed by atoms with van der Waals surface area (Å²) in [6, 6.07) is 10.5. The van der Waals surface area contributed by atoms with Crippen LogP contribution >= 0.6 is 11.3 Å². The zero-order valence-electron chi connectivity index (χ0n) is 19.7. The average molecular weight is 489 g/mol. The van der Waals surface area contributed by atoms with Crippen molar-refractivity contribution in [3.63, 3.8) is 0 Å². The van der Waals surface area contributed by atoms with Gasteiger partial charge in [-0.1, -0.05) is 24.6 Å². The van der Waals surface area contributed by atoms with E-state index in [-0.39, 0.29) is 5.56 Å². The van der Waals surface area contributed by atoms with E-state index in [0.717, 1.165) is 75.6 Å². The molecule has 5 rings (SSSR count). The number of aryl methyl sites for hydroxylation is 1. The Morgan fingerprint density at radius 3 is 2.69 bits per heavy atom. The Morgan fingerprint density at radius 1 is 1.14 bits per heavy atom. The SMILES string of the molecule is C=CCn1c(=O)/c(=C\c2ccc(N3CCOCC3)cc2)s/c1=C(\C#N)c1nnc2n1CCCCC2. The molecule has 180 valence electrons. The minimum atomic E-state index is -0.134. The van der Waals surface area contributed by atoms with Gasteiger partial charge in [0.05, 0.1) is 17.7 Å². The lowest BCUT2D eigenvalue weighted by Crippen LogP contribution is -2.36. The van der Waals surface area contributed by atoms with Crippen LogP contribution in [-0.4, -0.2) is 45.6 Å². The van der Waals surface area contributed by atoms with Crippen molar-refractivity contribution < 1.29 is 4.74 Å². The van der Waals surface area contributed by atoms with Gasteiger partial charge in [0.1, 0.15) is 22.1 Å². The fourth-order valence-corrected chi connectivity index (χ4v) is 5.73. The second-order valence-electron chi connectivity index (χ2n) is 8.70. The van der Waals surface area contributed by atoms with Crippen LogP contribution in [-0.2, 0) is 24.2 Å². The first-order chi connectivity index (χ1) is 17.2. The Balaban J connectivity index is 1.59. The van der Waals surface area contributed by atoms with Gasteiger partial charge in [-0.05, 0) is 36.6 Å². The average Bonchev–Trinajstić information content (AvgIpc) is 3.31. The number of thiazole rings is 1. The summed E-state index contributed by atoms with van der Waals surface area (Å²) in [6.07, 6.45) is 7.66. The summed E-state index contributed by atoms with van der Waals surface area (Å²) in [6.45, 7) is 8.15. The summed E-state index contributed by atoms with van der Waals surface area (Å²) >= 11 is 1.32. The Hall–Kier alpha value is -3.48. The van der Waals surface area contributed by atoms with Gasteiger partial charge in [-0.3, -0.25) is 9.36 Å². The van der Waals surface area contributed by atoms with Crippen molar-refractivity contribution in [2.75, 3.05) is 31.2 Å². The van der Waals surface area contributed by atoms with Gasteiger partial charge in [-0.15, -0.1) is 28.1 Å². The second-order valence-corrected chi connectivity index (χ2v) is 9.73. The number of anilines is 1. The molecule has 0 unspecified atom stereocenters. The first-order valence-corrected chi connectivity index (χ1v) is 12.8. The van der Waals surface area contributed by atoms with Gasteiger partial charge in [-0.2, -0.15) is 5.26 Å². The number of nitrogens with zero attached hydrogens (tertiary/aromatic N) is 6.